The Morgan fingerprint density at radius 1 is 0.636 bits per heavy atom. The molecule has 0 spiro atoms. The van der Waals surface area contributed by atoms with Gasteiger partial charge in [-0.15, -0.1) is 0 Å². The van der Waals surface area contributed by atoms with E-state index in [1.807, 2.05) is 27.7 Å². The van der Waals surface area contributed by atoms with Gasteiger partial charge in [0.1, 0.15) is 0 Å². The van der Waals surface area contributed by atoms with Crippen molar-refractivity contribution in [2.45, 2.75) is 27.7 Å². The number of hydrogen-bond donors (Lipinski definition) is 2. The van der Waals surface area contributed by atoms with Gasteiger partial charge in [0, 0.05) is 24.0 Å². The molecule has 2 unspecified atom stereocenters. The minimum Gasteiger partial charge on any atom is -0.396 e. The first-order valence-electron chi connectivity index (χ1n) is 7.98. The Bertz CT molecular complexity index is 237. The van der Waals surface area contributed by atoms with Crippen LogP contribution in [0.1, 0.15) is 27.7 Å². The van der Waals surface area contributed by atoms with Crippen LogP contribution < -0.4 is 0 Å². The second-order valence-corrected chi connectivity index (χ2v) is 6.32. The standard InChI is InChI=1S/C16H34O6/c1-5-19-11-15(3,9-17)13-21-7-8-22-14-16(4,10-18)12-20-6-2/h17-18H,5-14H2,1-4H3. The lowest BCUT2D eigenvalue weighted by molar-refractivity contribution is -0.0691. The Morgan fingerprint density at radius 2 is 0.955 bits per heavy atom. The number of aliphatic hydroxyl groups excluding tert-OH is 2. The topological polar surface area (TPSA) is 77.4 Å². The highest BCUT2D eigenvalue weighted by atomic mass is 16.5. The Hall–Kier alpha value is -0.240. The molecular formula is C16H34O6. The highest BCUT2D eigenvalue weighted by Gasteiger charge is 2.25. The number of aliphatic hydroxyl groups is 2. The van der Waals surface area contributed by atoms with Gasteiger partial charge in [-0.2, -0.15) is 0 Å². The number of ether oxygens (including phenoxy) is 4. The Labute approximate surface area is 134 Å². The van der Waals surface area contributed by atoms with E-state index in [1.165, 1.54) is 0 Å². The van der Waals surface area contributed by atoms with Crippen LogP contribution in [0, 0.1) is 10.8 Å². The molecule has 0 aromatic rings. The molecule has 0 aromatic heterocycles. The summed E-state index contributed by atoms with van der Waals surface area (Å²) >= 11 is 0. The lowest BCUT2D eigenvalue weighted by atomic mass is 9.94. The van der Waals surface area contributed by atoms with Crippen LogP contribution in [-0.2, 0) is 18.9 Å². The summed E-state index contributed by atoms with van der Waals surface area (Å²) in [5.74, 6) is 0. The van der Waals surface area contributed by atoms with Gasteiger partial charge in [-0.3, -0.25) is 0 Å². The van der Waals surface area contributed by atoms with E-state index in [2.05, 4.69) is 0 Å². The fourth-order valence-electron chi connectivity index (χ4n) is 1.72. The molecule has 0 saturated heterocycles. The van der Waals surface area contributed by atoms with Crippen molar-refractivity contribution in [3.63, 3.8) is 0 Å². The van der Waals surface area contributed by atoms with Crippen LogP contribution >= 0.6 is 0 Å². The predicted molar refractivity (Wildman–Crippen MR) is 85.0 cm³/mol. The van der Waals surface area contributed by atoms with E-state index in [0.29, 0.717) is 52.9 Å². The molecule has 0 aromatic carbocycles. The largest absolute Gasteiger partial charge is 0.396 e. The normalized spacial score (nSPS) is 17.2. The van der Waals surface area contributed by atoms with E-state index in [0.717, 1.165) is 0 Å². The summed E-state index contributed by atoms with van der Waals surface area (Å²) in [7, 11) is 0. The number of rotatable bonds is 15. The molecular weight excluding hydrogens is 288 g/mol. The minimum absolute atomic E-state index is 0.0186. The second-order valence-electron chi connectivity index (χ2n) is 6.32. The summed E-state index contributed by atoms with van der Waals surface area (Å²) in [6, 6.07) is 0. The highest BCUT2D eigenvalue weighted by Crippen LogP contribution is 2.17. The van der Waals surface area contributed by atoms with Gasteiger partial charge in [-0.25, -0.2) is 0 Å². The van der Waals surface area contributed by atoms with Crippen molar-refractivity contribution in [3.8, 4) is 0 Å². The van der Waals surface area contributed by atoms with Crippen LogP contribution in [0.25, 0.3) is 0 Å². The third-order valence-corrected chi connectivity index (χ3v) is 3.35. The molecule has 0 aliphatic heterocycles. The first kappa shape index (κ1) is 21.8. The second kappa shape index (κ2) is 12.2. The zero-order chi connectivity index (χ0) is 16.9. The molecule has 22 heavy (non-hydrogen) atoms. The maximum Gasteiger partial charge on any atom is 0.0700 e. The minimum atomic E-state index is -0.384. The first-order chi connectivity index (χ1) is 10.4. The monoisotopic (exact) mass is 322 g/mol. The van der Waals surface area contributed by atoms with Gasteiger partial charge in [0.25, 0.3) is 0 Å². The van der Waals surface area contributed by atoms with E-state index in [4.69, 9.17) is 18.9 Å². The molecule has 6 nitrogen and oxygen atoms in total. The third kappa shape index (κ3) is 9.71. The molecule has 2 atom stereocenters. The van der Waals surface area contributed by atoms with E-state index in [9.17, 15) is 10.2 Å². The molecule has 0 aliphatic carbocycles. The molecule has 0 amide bonds. The van der Waals surface area contributed by atoms with Crippen LogP contribution in [0.5, 0.6) is 0 Å². The van der Waals surface area contributed by atoms with Crippen molar-refractivity contribution >= 4 is 0 Å². The zero-order valence-electron chi connectivity index (χ0n) is 14.6. The van der Waals surface area contributed by atoms with Crippen LogP contribution in [0.3, 0.4) is 0 Å². The summed E-state index contributed by atoms with van der Waals surface area (Å²) in [4.78, 5) is 0. The van der Waals surface area contributed by atoms with Gasteiger partial charge >= 0.3 is 0 Å². The molecule has 0 saturated carbocycles. The SMILES string of the molecule is CCOCC(C)(CO)COCCOCC(C)(CO)COCC. The molecule has 2 N–H and O–H groups in total. The average Bonchev–Trinajstić information content (AvgIpc) is 2.54. The maximum absolute atomic E-state index is 9.40. The Morgan fingerprint density at radius 3 is 1.23 bits per heavy atom. The van der Waals surface area contributed by atoms with Crippen LogP contribution in [0.4, 0.5) is 0 Å². The molecule has 0 fully saturated rings. The van der Waals surface area contributed by atoms with Crippen molar-refractivity contribution in [1.29, 1.82) is 0 Å². The van der Waals surface area contributed by atoms with E-state index in [1.54, 1.807) is 0 Å². The van der Waals surface area contributed by atoms with Crippen LogP contribution in [0.2, 0.25) is 0 Å². The Kier molecular flexibility index (Phi) is 12.1. The van der Waals surface area contributed by atoms with Gasteiger partial charge in [0.2, 0.25) is 0 Å². The van der Waals surface area contributed by atoms with E-state index < -0.39 is 0 Å². The third-order valence-electron chi connectivity index (χ3n) is 3.35. The average molecular weight is 322 g/mol. The fourth-order valence-corrected chi connectivity index (χ4v) is 1.72. The van der Waals surface area contributed by atoms with Crippen LogP contribution in [-0.4, -0.2) is 76.3 Å². The predicted octanol–water partition coefficient (Wildman–Crippen LogP) is 1.09. The quantitative estimate of drug-likeness (QED) is 0.440. The smallest absolute Gasteiger partial charge is 0.0700 e. The van der Waals surface area contributed by atoms with Gasteiger partial charge in [0.15, 0.2) is 0 Å². The summed E-state index contributed by atoms with van der Waals surface area (Å²) in [5.41, 5.74) is -0.769. The molecule has 0 heterocycles. The molecule has 0 rings (SSSR count). The van der Waals surface area contributed by atoms with Crippen molar-refractivity contribution < 1.29 is 29.2 Å². The first-order valence-corrected chi connectivity index (χ1v) is 7.98. The zero-order valence-corrected chi connectivity index (χ0v) is 14.6. The van der Waals surface area contributed by atoms with Crippen molar-refractivity contribution in [2.75, 3.05) is 66.1 Å². The van der Waals surface area contributed by atoms with E-state index in [-0.39, 0.29) is 24.0 Å². The number of hydrogen-bond acceptors (Lipinski definition) is 6. The Balaban J connectivity index is 3.83. The molecule has 134 valence electrons. The summed E-state index contributed by atoms with van der Waals surface area (Å²) in [6.45, 7) is 11.6. The highest BCUT2D eigenvalue weighted by molar-refractivity contribution is 4.73. The summed E-state index contributed by atoms with van der Waals surface area (Å²) < 4.78 is 21.8. The van der Waals surface area contributed by atoms with Gasteiger partial charge in [0.05, 0.1) is 52.9 Å². The molecule has 0 bridgehead atoms. The summed E-state index contributed by atoms with van der Waals surface area (Å²) in [6.07, 6.45) is 0. The summed E-state index contributed by atoms with van der Waals surface area (Å²) in [5, 5.41) is 18.8. The molecule has 0 radical (unpaired) electrons. The fraction of sp³-hybridized carbons (Fsp3) is 1.00. The van der Waals surface area contributed by atoms with Gasteiger partial charge in [-0.1, -0.05) is 13.8 Å². The molecule has 0 aliphatic rings. The van der Waals surface area contributed by atoms with Gasteiger partial charge in [-0.05, 0) is 13.8 Å². The van der Waals surface area contributed by atoms with Crippen molar-refractivity contribution in [2.24, 2.45) is 10.8 Å². The molecule has 6 heteroatoms. The van der Waals surface area contributed by atoms with Crippen LogP contribution in [0.15, 0.2) is 0 Å². The van der Waals surface area contributed by atoms with Gasteiger partial charge < -0.3 is 29.2 Å². The van der Waals surface area contributed by atoms with E-state index >= 15 is 0 Å². The van der Waals surface area contributed by atoms with Crippen molar-refractivity contribution in [1.82, 2.24) is 0 Å². The maximum atomic E-state index is 9.40. The lowest BCUT2D eigenvalue weighted by Gasteiger charge is -2.28. The lowest BCUT2D eigenvalue weighted by Crippen LogP contribution is -2.35. The van der Waals surface area contributed by atoms with Crippen molar-refractivity contribution in [3.05, 3.63) is 0 Å².